The first-order chi connectivity index (χ1) is 16.3. The van der Waals surface area contributed by atoms with Gasteiger partial charge in [0.1, 0.15) is 17.3 Å². The highest BCUT2D eigenvalue weighted by molar-refractivity contribution is 9.10. The summed E-state index contributed by atoms with van der Waals surface area (Å²) in [5, 5.41) is 11.4. The lowest BCUT2D eigenvalue weighted by Crippen LogP contribution is -2.30. The van der Waals surface area contributed by atoms with Gasteiger partial charge < -0.3 is 14.6 Å². The van der Waals surface area contributed by atoms with Crippen LogP contribution < -0.4 is 14.4 Å². The van der Waals surface area contributed by atoms with E-state index in [2.05, 4.69) is 15.9 Å². The number of benzene rings is 3. The first kappa shape index (κ1) is 23.6. The van der Waals surface area contributed by atoms with Crippen molar-refractivity contribution in [2.45, 2.75) is 19.9 Å². The molecule has 1 atom stereocenters. The maximum absolute atomic E-state index is 13.4. The number of rotatable bonds is 5. The SMILES string of the molecule is COc1ccc(/C(O)=C2\C(=O)C(=O)N(c3cc(C)ccc3C)C2c2ccccc2OC)cc1Br. The van der Waals surface area contributed by atoms with Crippen molar-refractivity contribution in [1.29, 1.82) is 0 Å². The van der Waals surface area contributed by atoms with Crippen LogP contribution in [0.5, 0.6) is 11.5 Å². The third-order valence-corrected chi connectivity index (χ3v) is 6.55. The van der Waals surface area contributed by atoms with Gasteiger partial charge in [0.25, 0.3) is 11.7 Å². The van der Waals surface area contributed by atoms with Crippen molar-refractivity contribution < 1.29 is 24.2 Å². The average Bonchev–Trinajstić information content (AvgIpc) is 3.10. The highest BCUT2D eigenvalue weighted by Crippen LogP contribution is 2.46. The van der Waals surface area contributed by atoms with E-state index in [-0.39, 0.29) is 11.3 Å². The van der Waals surface area contributed by atoms with E-state index >= 15 is 0 Å². The first-order valence-corrected chi connectivity index (χ1v) is 11.4. The van der Waals surface area contributed by atoms with E-state index < -0.39 is 17.7 Å². The smallest absolute Gasteiger partial charge is 0.300 e. The molecule has 1 saturated heterocycles. The van der Waals surface area contributed by atoms with Crippen molar-refractivity contribution >= 4 is 39.1 Å². The maximum Gasteiger partial charge on any atom is 0.300 e. The number of aryl methyl sites for hydroxylation is 2. The fourth-order valence-corrected chi connectivity index (χ4v) is 4.76. The highest BCUT2D eigenvalue weighted by atomic mass is 79.9. The minimum atomic E-state index is -0.877. The van der Waals surface area contributed by atoms with Crippen LogP contribution in [0.3, 0.4) is 0 Å². The molecule has 1 heterocycles. The van der Waals surface area contributed by atoms with Crippen molar-refractivity contribution in [2.75, 3.05) is 19.1 Å². The zero-order valence-electron chi connectivity index (χ0n) is 19.3. The standard InChI is InChI=1S/C27H24BrNO5/c1-15-9-10-16(2)20(13-15)29-24(18-7-5-6-8-21(18)33-3)23(26(31)27(29)32)25(30)17-11-12-22(34-4)19(28)14-17/h5-14,24,30H,1-4H3/b25-23+. The quantitative estimate of drug-likeness (QED) is 0.264. The normalized spacial score (nSPS) is 17.2. The lowest BCUT2D eigenvalue weighted by atomic mass is 9.94. The first-order valence-electron chi connectivity index (χ1n) is 10.6. The van der Waals surface area contributed by atoms with Gasteiger partial charge in [-0.3, -0.25) is 14.5 Å². The summed E-state index contributed by atoms with van der Waals surface area (Å²) < 4.78 is 11.5. The van der Waals surface area contributed by atoms with Crippen LogP contribution in [-0.4, -0.2) is 31.0 Å². The number of nitrogens with zero attached hydrogens (tertiary/aromatic N) is 1. The number of ether oxygens (including phenoxy) is 2. The number of Topliss-reactive ketones (excluding diaryl/α,β-unsaturated/α-hetero) is 1. The number of aliphatic hydroxyl groups is 1. The summed E-state index contributed by atoms with van der Waals surface area (Å²) in [6, 6.07) is 17.0. The molecule has 34 heavy (non-hydrogen) atoms. The number of carbonyl (C=O) groups is 2. The van der Waals surface area contributed by atoms with Crippen LogP contribution in [0, 0.1) is 13.8 Å². The number of amides is 1. The fraction of sp³-hybridized carbons (Fsp3) is 0.185. The van der Waals surface area contributed by atoms with Crippen molar-refractivity contribution in [3.63, 3.8) is 0 Å². The third kappa shape index (κ3) is 3.96. The molecule has 1 N–H and O–H groups in total. The molecule has 1 aliphatic heterocycles. The summed E-state index contributed by atoms with van der Waals surface area (Å²) >= 11 is 3.42. The van der Waals surface area contributed by atoms with E-state index in [4.69, 9.17) is 9.47 Å². The Morgan fingerprint density at radius 1 is 0.941 bits per heavy atom. The number of hydrogen-bond acceptors (Lipinski definition) is 5. The predicted molar refractivity (Wildman–Crippen MR) is 134 cm³/mol. The Kier molecular flexibility index (Phi) is 6.48. The summed E-state index contributed by atoms with van der Waals surface area (Å²) in [4.78, 5) is 28.3. The lowest BCUT2D eigenvalue weighted by molar-refractivity contribution is -0.132. The van der Waals surface area contributed by atoms with E-state index in [0.29, 0.717) is 32.8 Å². The number of methoxy groups -OCH3 is 2. The topological polar surface area (TPSA) is 76.1 Å². The number of ketones is 1. The molecule has 0 saturated carbocycles. The van der Waals surface area contributed by atoms with E-state index in [1.54, 1.807) is 30.3 Å². The molecule has 0 aromatic heterocycles. The van der Waals surface area contributed by atoms with Crippen LogP contribution in [0.4, 0.5) is 5.69 Å². The summed E-state index contributed by atoms with van der Waals surface area (Å²) in [5.41, 5.74) is 3.35. The van der Waals surface area contributed by atoms with Gasteiger partial charge in [-0.05, 0) is 71.2 Å². The van der Waals surface area contributed by atoms with Crippen LogP contribution in [0.1, 0.15) is 28.3 Å². The molecule has 1 fully saturated rings. The van der Waals surface area contributed by atoms with Crippen LogP contribution >= 0.6 is 15.9 Å². The molecule has 1 unspecified atom stereocenters. The molecule has 7 heteroatoms. The summed E-state index contributed by atoms with van der Waals surface area (Å²) in [7, 11) is 3.07. The van der Waals surface area contributed by atoms with Gasteiger partial charge >= 0.3 is 0 Å². The van der Waals surface area contributed by atoms with E-state index in [0.717, 1.165) is 11.1 Å². The predicted octanol–water partition coefficient (Wildman–Crippen LogP) is 5.71. The molecule has 0 spiro atoms. The second-order valence-corrected chi connectivity index (χ2v) is 8.90. The second-order valence-electron chi connectivity index (χ2n) is 8.05. The molecule has 6 nitrogen and oxygen atoms in total. The number of hydrogen-bond donors (Lipinski definition) is 1. The second kappa shape index (κ2) is 9.35. The Hall–Kier alpha value is -3.58. The fourth-order valence-electron chi connectivity index (χ4n) is 4.22. The Morgan fingerprint density at radius 3 is 2.32 bits per heavy atom. The average molecular weight is 522 g/mol. The van der Waals surface area contributed by atoms with Crippen molar-refractivity contribution in [3.05, 3.63) is 93.0 Å². The Bertz CT molecular complexity index is 1330. The Balaban J connectivity index is 2.01. The van der Waals surface area contributed by atoms with Gasteiger partial charge in [-0.25, -0.2) is 0 Å². The van der Waals surface area contributed by atoms with Crippen LogP contribution in [0.15, 0.2) is 70.7 Å². The largest absolute Gasteiger partial charge is 0.507 e. The monoisotopic (exact) mass is 521 g/mol. The molecule has 3 aromatic carbocycles. The van der Waals surface area contributed by atoms with Crippen molar-refractivity contribution in [2.24, 2.45) is 0 Å². The van der Waals surface area contributed by atoms with Crippen LogP contribution in [-0.2, 0) is 9.59 Å². The van der Waals surface area contributed by atoms with Crippen molar-refractivity contribution in [3.8, 4) is 11.5 Å². The number of aliphatic hydroxyl groups excluding tert-OH is 1. The van der Waals surface area contributed by atoms with Gasteiger partial charge in [-0.2, -0.15) is 0 Å². The van der Waals surface area contributed by atoms with Crippen LogP contribution in [0.2, 0.25) is 0 Å². The number of halogens is 1. The molecular weight excluding hydrogens is 498 g/mol. The van der Waals surface area contributed by atoms with Crippen molar-refractivity contribution in [1.82, 2.24) is 0 Å². The molecule has 0 aliphatic carbocycles. The van der Waals surface area contributed by atoms with E-state index in [9.17, 15) is 14.7 Å². The van der Waals surface area contributed by atoms with Gasteiger partial charge in [-0.15, -0.1) is 0 Å². The zero-order valence-corrected chi connectivity index (χ0v) is 20.8. The molecule has 4 rings (SSSR count). The Labute approximate surface area is 206 Å². The van der Waals surface area contributed by atoms with Gasteiger partial charge in [0.15, 0.2) is 0 Å². The van der Waals surface area contributed by atoms with Gasteiger partial charge in [0.05, 0.1) is 30.3 Å². The Morgan fingerprint density at radius 2 is 1.65 bits per heavy atom. The number of carbonyl (C=O) groups excluding carboxylic acids is 2. The number of para-hydroxylation sites is 1. The molecule has 0 bridgehead atoms. The molecule has 0 radical (unpaired) electrons. The van der Waals surface area contributed by atoms with E-state index in [1.165, 1.54) is 19.1 Å². The maximum atomic E-state index is 13.4. The van der Waals surface area contributed by atoms with Gasteiger partial charge in [0, 0.05) is 16.8 Å². The summed E-state index contributed by atoms with van der Waals surface area (Å²) in [6.07, 6.45) is 0. The molecule has 1 amide bonds. The third-order valence-electron chi connectivity index (χ3n) is 5.93. The van der Waals surface area contributed by atoms with E-state index in [1.807, 2.05) is 44.2 Å². The lowest BCUT2D eigenvalue weighted by Gasteiger charge is -2.28. The molecule has 3 aromatic rings. The number of anilines is 1. The molecule has 1 aliphatic rings. The molecule has 174 valence electrons. The van der Waals surface area contributed by atoms with Crippen LogP contribution in [0.25, 0.3) is 5.76 Å². The highest BCUT2D eigenvalue weighted by Gasteiger charge is 2.48. The van der Waals surface area contributed by atoms with Gasteiger partial charge in [0.2, 0.25) is 0 Å². The molecular formula is C27H24BrNO5. The summed E-state index contributed by atoms with van der Waals surface area (Å²) in [5.74, 6) is -0.661. The minimum Gasteiger partial charge on any atom is -0.507 e. The summed E-state index contributed by atoms with van der Waals surface area (Å²) in [6.45, 7) is 3.81. The van der Waals surface area contributed by atoms with Gasteiger partial charge in [-0.1, -0.05) is 30.3 Å². The zero-order chi connectivity index (χ0) is 24.6. The minimum absolute atomic E-state index is 0.00697.